The molecule has 1 saturated heterocycles. The van der Waals surface area contributed by atoms with E-state index in [1.807, 2.05) is 13.8 Å². The molecule has 1 aromatic rings. The van der Waals surface area contributed by atoms with Crippen molar-refractivity contribution in [1.29, 1.82) is 0 Å². The van der Waals surface area contributed by atoms with Gasteiger partial charge in [0.2, 0.25) is 0 Å². The highest BCUT2D eigenvalue weighted by atomic mass is 16.5. The fraction of sp³-hybridized carbons (Fsp3) is 0.778. The molecule has 2 heterocycles. The highest BCUT2D eigenvalue weighted by Crippen LogP contribution is 2.23. The monoisotopic (exact) mass is 335 g/mol. The lowest BCUT2D eigenvalue weighted by Crippen LogP contribution is -2.55. The van der Waals surface area contributed by atoms with Crippen molar-refractivity contribution in [3.63, 3.8) is 0 Å². The SMILES string of the molecule is CN=C(NCc1c(C)noc1C)NCC(C)(C)N1CCCC(C)C1. The maximum atomic E-state index is 5.21. The van der Waals surface area contributed by atoms with Crippen molar-refractivity contribution >= 4 is 5.96 Å². The van der Waals surface area contributed by atoms with Crippen LogP contribution in [0, 0.1) is 19.8 Å². The Labute approximate surface area is 146 Å². The van der Waals surface area contributed by atoms with Crippen LogP contribution in [0.1, 0.15) is 50.6 Å². The lowest BCUT2D eigenvalue weighted by atomic mass is 9.93. The molecule has 1 fully saturated rings. The zero-order valence-corrected chi connectivity index (χ0v) is 16.1. The zero-order valence-electron chi connectivity index (χ0n) is 16.1. The molecular weight excluding hydrogens is 302 g/mol. The molecule has 6 heteroatoms. The molecule has 0 aliphatic carbocycles. The number of aromatic nitrogens is 1. The molecule has 1 aliphatic rings. The number of hydrogen-bond acceptors (Lipinski definition) is 4. The summed E-state index contributed by atoms with van der Waals surface area (Å²) in [5.74, 6) is 2.46. The fourth-order valence-electron chi connectivity index (χ4n) is 3.30. The van der Waals surface area contributed by atoms with E-state index < -0.39 is 0 Å². The first-order chi connectivity index (χ1) is 11.3. The van der Waals surface area contributed by atoms with Crippen LogP contribution in [0.4, 0.5) is 0 Å². The van der Waals surface area contributed by atoms with Gasteiger partial charge in [-0.25, -0.2) is 0 Å². The Morgan fingerprint density at radius 2 is 2.12 bits per heavy atom. The number of hydrogen-bond donors (Lipinski definition) is 2. The van der Waals surface area contributed by atoms with Gasteiger partial charge in [0, 0.05) is 37.8 Å². The molecule has 0 saturated carbocycles. The Morgan fingerprint density at radius 3 is 2.71 bits per heavy atom. The minimum atomic E-state index is 0.106. The summed E-state index contributed by atoms with van der Waals surface area (Å²) in [7, 11) is 1.80. The van der Waals surface area contributed by atoms with Gasteiger partial charge in [-0.1, -0.05) is 12.1 Å². The molecule has 2 N–H and O–H groups in total. The largest absolute Gasteiger partial charge is 0.361 e. The second-order valence-corrected chi connectivity index (χ2v) is 7.59. The average molecular weight is 335 g/mol. The molecule has 1 unspecified atom stereocenters. The molecule has 2 rings (SSSR count). The Hall–Kier alpha value is -1.56. The highest BCUT2D eigenvalue weighted by molar-refractivity contribution is 5.79. The van der Waals surface area contributed by atoms with E-state index in [9.17, 15) is 0 Å². The van der Waals surface area contributed by atoms with Gasteiger partial charge in [0.25, 0.3) is 0 Å². The molecule has 0 bridgehead atoms. The zero-order chi connectivity index (χ0) is 17.7. The van der Waals surface area contributed by atoms with Gasteiger partial charge in [0.1, 0.15) is 5.76 Å². The second-order valence-electron chi connectivity index (χ2n) is 7.59. The van der Waals surface area contributed by atoms with Crippen molar-refractivity contribution in [3.8, 4) is 0 Å². The molecule has 1 atom stereocenters. The summed E-state index contributed by atoms with van der Waals surface area (Å²) in [5, 5.41) is 10.8. The van der Waals surface area contributed by atoms with Crippen LogP contribution in [-0.4, -0.2) is 48.2 Å². The quantitative estimate of drug-likeness (QED) is 0.639. The maximum Gasteiger partial charge on any atom is 0.191 e. The Balaban J connectivity index is 1.86. The van der Waals surface area contributed by atoms with Gasteiger partial charge in [-0.05, 0) is 53.0 Å². The molecule has 0 amide bonds. The Kier molecular flexibility index (Phi) is 6.27. The number of rotatable bonds is 5. The van der Waals surface area contributed by atoms with E-state index in [4.69, 9.17) is 4.52 Å². The number of nitrogens with zero attached hydrogens (tertiary/aromatic N) is 3. The number of aryl methyl sites for hydroxylation is 2. The smallest absolute Gasteiger partial charge is 0.191 e. The van der Waals surface area contributed by atoms with Crippen molar-refractivity contribution in [3.05, 3.63) is 17.0 Å². The normalized spacial score (nSPS) is 20.2. The second kappa shape index (κ2) is 8.01. The van der Waals surface area contributed by atoms with E-state index in [1.54, 1.807) is 7.05 Å². The predicted molar refractivity (Wildman–Crippen MR) is 98.2 cm³/mol. The minimum absolute atomic E-state index is 0.106. The summed E-state index contributed by atoms with van der Waals surface area (Å²) >= 11 is 0. The topological polar surface area (TPSA) is 65.7 Å². The first-order valence-corrected chi connectivity index (χ1v) is 8.95. The first kappa shape index (κ1) is 18.8. The lowest BCUT2D eigenvalue weighted by molar-refractivity contribution is 0.0739. The predicted octanol–water partition coefficient (Wildman–Crippen LogP) is 2.47. The van der Waals surface area contributed by atoms with Gasteiger partial charge in [-0.2, -0.15) is 0 Å². The van der Waals surface area contributed by atoms with Crippen LogP contribution in [0.3, 0.4) is 0 Å². The summed E-state index contributed by atoms with van der Waals surface area (Å²) in [5.41, 5.74) is 2.13. The average Bonchev–Trinajstić information content (AvgIpc) is 2.86. The van der Waals surface area contributed by atoms with Crippen LogP contribution in [0.25, 0.3) is 0 Å². The maximum absolute atomic E-state index is 5.21. The molecular formula is C18H33N5O. The van der Waals surface area contributed by atoms with E-state index in [0.29, 0.717) is 6.54 Å². The van der Waals surface area contributed by atoms with Gasteiger partial charge >= 0.3 is 0 Å². The van der Waals surface area contributed by atoms with Crippen molar-refractivity contribution < 1.29 is 4.52 Å². The summed E-state index contributed by atoms with van der Waals surface area (Å²) in [6, 6.07) is 0. The molecule has 0 radical (unpaired) electrons. The van der Waals surface area contributed by atoms with Crippen molar-refractivity contribution in [2.45, 2.75) is 59.5 Å². The lowest BCUT2D eigenvalue weighted by Gasteiger charge is -2.43. The van der Waals surface area contributed by atoms with E-state index in [-0.39, 0.29) is 5.54 Å². The van der Waals surface area contributed by atoms with Crippen LogP contribution >= 0.6 is 0 Å². The molecule has 6 nitrogen and oxygen atoms in total. The van der Waals surface area contributed by atoms with Crippen LogP contribution in [-0.2, 0) is 6.54 Å². The standard InChI is InChI=1S/C18H33N5O/c1-13-8-7-9-23(11-13)18(4,5)12-21-17(19-6)20-10-16-14(2)22-24-15(16)3/h13H,7-12H2,1-6H3,(H2,19,20,21). The number of guanidine groups is 1. The fourth-order valence-corrected chi connectivity index (χ4v) is 3.30. The van der Waals surface area contributed by atoms with E-state index in [0.717, 1.165) is 35.4 Å². The van der Waals surface area contributed by atoms with Gasteiger partial charge in [0.15, 0.2) is 5.96 Å². The molecule has 0 spiro atoms. The van der Waals surface area contributed by atoms with E-state index in [2.05, 4.69) is 46.5 Å². The molecule has 136 valence electrons. The minimum Gasteiger partial charge on any atom is -0.361 e. The summed E-state index contributed by atoms with van der Waals surface area (Å²) in [6.07, 6.45) is 2.64. The van der Waals surface area contributed by atoms with Gasteiger partial charge < -0.3 is 15.2 Å². The van der Waals surface area contributed by atoms with Gasteiger partial charge in [-0.15, -0.1) is 0 Å². The van der Waals surface area contributed by atoms with Gasteiger partial charge in [-0.3, -0.25) is 9.89 Å². The third-order valence-corrected chi connectivity index (χ3v) is 5.04. The number of nitrogens with one attached hydrogen (secondary N) is 2. The van der Waals surface area contributed by atoms with E-state index in [1.165, 1.54) is 25.9 Å². The summed E-state index contributed by atoms with van der Waals surface area (Å²) in [4.78, 5) is 6.93. The van der Waals surface area contributed by atoms with Crippen molar-refractivity contribution in [2.24, 2.45) is 10.9 Å². The molecule has 1 aliphatic heterocycles. The molecule has 24 heavy (non-hydrogen) atoms. The van der Waals surface area contributed by atoms with Crippen LogP contribution in [0.2, 0.25) is 0 Å². The number of likely N-dealkylation sites (tertiary alicyclic amines) is 1. The van der Waals surface area contributed by atoms with Gasteiger partial charge in [0.05, 0.1) is 5.69 Å². The third kappa shape index (κ3) is 4.72. The van der Waals surface area contributed by atoms with Crippen LogP contribution in [0.15, 0.2) is 9.52 Å². The summed E-state index contributed by atoms with van der Waals surface area (Å²) < 4.78 is 5.21. The Morgan fingerprint density at radius 1 is 1.38 bits per heavy atom. The molecule has 0 aromatic carbocycles. The highest BCUT2D eigenvalue weighted by Gasteiger charge is 2.30. The number of aliphatic imine (C=N–C) groups is 1. The molecule has 1 aromatic heterocycles. The first-order valence-electron chi connectivity index (χ1n) is 8.95. The van der Waals surface area contributed by atoms with Crippen LogP contribution in [0.5, 0.6) is 0 Å². The third-order valence-electron chi connectivity index (χ3n) is 5.04. The van der Waals surface area contributed by atoms with Crippen molar-refractivity contribution in [1.82, 2.24) is 20.7 Å². The summed E-state index contributed by atoms with van der Waals surface area (Å²) in [6.45, 7) is 14.8. The Bertz CT molecular complexity index is 544. The van der Waals surface area contributed by atoms with Crippen molar-refractivity contribution in [2.75, 3.05) is 26.7 Å². The van der Waals surface area contributed by atoms with Crippen LogP contribution < -0.4 is 10.6 Å². The van der Waals surface area contributed by atoms with E-state index >= 15 is 0 Å². The number of piperidine rings is 1.